The first kappa shape index (κ1) is 25.7. The molecule has 2 aromatic rings. The van der Waals surface area contributed by atoms with Gasteiger partial charge in [0.05, 0.1) is 11.1 Å². The Hall–Kier alpha value is -2.60. The lowest BCUT2D eigenvalue weighted by Crippen LogP contribution is -2.39. The van der Waals surface area contributed by atoms with Gasteiger partial charge in [-0.15, -0.1) is 0 Å². The van der Waals surface area contributed by atoms with Crippen LogP contribution in [0.4, 0.5) is 0 Å². The van der Waals surface area contributed by atoms with Crippen molar-refractivity contribution < 1.29 is 32.7 Å². The Balaban J connectivity index is 2.24. The van der Waals surface area contributed by atoms with E-state index >= 15 is 0 Å². The van der Waals surface area contributed by atoms with Crippen molar-refractivity contribution in [2.45, 2.75) is 65.0 Å². The molecule has 0 radical (unpaired) electrons. The first-order chi connectivity index (χ1) is 15.4. The van der Waals surface area contributed by atoms with Crippen LogP contribution in [-0.2, 0) is 13.6 Å². The molecule has 0 fully saturated rings. The number of rotatable bonds is 14. The number of hydrogen-bond acceptors (Lipinski definition) is 7. The first-order valence-corrected chi connectivity index (χ1v) is 11.8. The van der Waals surface area contributed by atoms with Gasteiger partial charge >= 0.3 is 8.25 Å². The summed E-state index contributed by atoms with van der Waals surface area (Å²) in [4.78, 5) is 22.7. The van der Waals surface area contributed by atoms with Gasteiger partial charge in [0.25, 0.3) is 11.6 Å². The minimum atomic E-state index is -2.68. The molecule has 8 heteroatoms. The Kier molecular flexibility index (Phi) is 9.51. The average molecular weight is 461 g/mol. The van der Waals surface area contributed by atoms with Crippen LogP contribution in [0.25, 0.3) is 0 Å². The number of carbonyl (C=O) groups excluding carboxylic acids is 2. The summed E-state index contributed by atoms with van der Waals surface area (Å²) < 4.78 is 36.6. The van der Waals surface area contributed by atoms with Crippen molar-refractivity contribution in [2.24, 2.45) is 0 Å². The van der Waals surface area contributed by atoms with Gasteiger partial charge in [-0.1, -0.05) is 61.0 Å². The number of ether oxygens (including phenoxy) is 2. The Morgan fingerprint density at radius 2 is 1.03 bits per heavy atom. The highest BCUT2D eigenvalue weighted by Crippen LogP contribution is 2.43. The van der Waals surface area contributed by atoms with Gasteiger partial charge in [-0.25, -0.2) is 0 Å². The third-order valence-corrected chi connectivity index (χ3v) is 6.28. The fraction of sp³-hybridized carbons (Fsp3) is 0.417. The smallest absolute Gasteiger partial charge is 0.457 e. The summed E-state index contributed by atoms with van der Waals surface area (Å²) in [5, 5.41) is 0. The molecule has 0 atom stereocenters. The largest absolute Gasteiger partial charge is 0.705 e. The van der Waals surface area contributed by atoms with Crippen LogP contribution >= 0.6 is 8.25 Å². The zero-order chi connectivity index (χ0) is 23.6. The Bertz CT molecular complexity index is 847. The highest BCUT2D eigenvalue weighted by atomic mass is 31.1. The van der Waals surface area contributed by atoms with Gasteiger partial charge in [-0.2, -0.15) is 0 Å². The van der Waals surface area contributed by atoms with E-state index in [2.05, 4.69) is 0 Å². The summed E-state index contributed by atoms with van der Waals surface area (Å²) in [7, 11) is -2.68. The van der Waals surface area contributed by atoms with E-state index in [0.717, 1.165) is 0 Å². The Morgan fingerprint density at radius 3 is 1.34 bits per heavy atom. The highest BCUT2D eigenvalue weighted by molar-refractivity contribution is 7.33. The molecule has 7 nitrogen and oxygen atoms in total. The summed E-state index contributed by atoms with van der Waals surface area (Å²) in [5.41, 5.74) is 0.729. The van der Waals surface area contributed by atoms with Gasteiger partial charge < -0.3 is 9.47 Å². The van der Waals surface area contributed by atoms with E-state index in [9.17, 15) is 14.2 Å². The molecule has 0 saturated carbocycles. The SMILES string of the molecule is CCC(CC)(Oc1ccccc1C=O)O[P+](=O)OC(CC)(CC)Oc1ccccc1C=O. The summed E-state index contributed by atoms with van der Waals surface area (Å²) in [6.45, 7) is 7.33. The normalized spacial score (nSPS) is 11.6. The molecular weight excluding hydrogens is 431 g/mol. The molecule has 0 aromatic heterocycles. The van der Waals surface area contributed by atoms with E-state index in [1.807, 2.05) is 27.7 Å². The number of hydrogen-bond donors (Lipinski definition) is 0. The fourth-order valence-electron chi connectivity index (χ4n) is 3.12. The maximum atomic E-state index is 13.0. The average Bonchev–Trinajstić information content (AvgIpc) is 2.83. The molecule has 32 heavy (non-hydrogen) atoms. The van der Waals surface area contributed by atoms with E-state index in [4.69, 9.17) is 18.5 Å². The summed E-state index contributed by atoms with van der Waals surface area (Å²) >= 11 is 0. The fourth-order valence-corrected chi connectivity index (χ4v) is 4.29. The number of para-hydroxylation sites is 2. The predicted molar refractivity (Wildman–Crippen MR) is 121 cm³/mol. The van der Waals surface area contributed by atoms with Gasteiger partial charge in [0.15, 0.2) is 12.6 Å². The van der Waals surface area contributed by atoms with Crippen molar-refractivity contribution in [3.63, 3.8) is 0 Å². The minimum absolute atomic E-state index is 0.336. The molecule has 0 unspecified atom stereocenters. The van der Waals surface area contributed by atoms with Gasteiger partial charge in [0.1, 0.15) is 11.5 Å². The number of benzene rings is 2. The van der Waals surface area contributed by atoms with Crippen LogP contribution in [0.5, 0.6) is 11.5 Å². The van der Waals surface area contributed by atoms with Crippen molar-refractivity contribution in [1.29, 1.82) is 0 Å². The molecule has 0 amide bonds. The molecule has 2 aromatic carbocycles. The quantitative estimate of drug-likeness (QED) is 0.180. The second-order valence-electron chi connectivity index (χ2n) is 7.16. The zero-order valence-corrected chi connectivity index (χ0v) is 19.8. The van der Waals surface area contributed by atoms with Gasteiger partial charge in [-0.05, 0) is 24.3 Å². The predicted octanol–water partition coefficient (Wildman–Crippen LogP) is 6.49. The molecule has 0 saturated heterocycles. The Morgan fingerprint density at radius 1 is 0.688 bits per heavy atom. The van der Waals surface area contributed by atoms with Crippen molar-refractivity contribution in [3.05, 3.63) is 59.7 Å². The third kappa shape index (κ3) is 6.22. The molecular formula is C24H30O7P+. The van der Waals surface area contributed by atoms with E-state index in [1.54, 1.807) is 48.5 Å². The molecule has 0 bridgehead atoms. The molecule has 172 valence electrons. The maximum Gasteiger partial charge on any atom is 0.705 e. The van der Waals surface area contributed by atoms with Crippen LogP contribution in [0, 0.1) is 0 Å². The van der Waals surface area contributed by atoms with E-state index in [-0.39, 0.29) is 0 Å². The molecule has 0 heterocycles. The second kappa shape index (κ2) is 11.9. The highest BCUT2D eigenvalue weighted by Gasteiger charge is 2.48. The van der Waals surface area contributed by atoms with Crippen LogP contribution in [0.1, 0.15) is 74.1 Å². The monoisotopic (exact) mass is 461 g/mol. The number of carbonyl (C=O) groups is 2. The zero-order valence-electron chi connectivity index (χ0n) is 18.9. The lowest BCUT2D eigenvalue weighted by molar-refractivity contribution is -0.155. The van der Waals surface area contributed by atoms with E-state index in [1.165, 1.54) is 0 Å². The van der Waals surface area contributed by atoms with Gasteiger partial charge in [-0.3, -0.25) is 9.59 Å². The standard InChI is InChI=1S/C24H30O7P/c1-5-23(6-2,28-21-15-11-9-13-19(21)17-25)30-32(27)31-24(7-3,8-4)29-22-16-12-10-14-20(22)18-26/h9-18H,5-8H2,1-4H3/q+1. The number of aldehydes is 2. The second-order valence-corrected chi connectivity index (χ2v) is 7.97. The van der Waals surface area contributed by atoms with Gasteiger partial charge in [0.2, 0.25) is 0 Å². The molecule has 0 aliphatic carbocycles. The van der Waals surface area contributed by atoms with Crippen molar-refractivity contribution in [2.75, 3.05) is 0 Å². The molecule has 0 spiro atoms. The van der Waals surface area contributed by atoms with Crippen LogP contribution in [0.2, 0.25) is 0 Å². The van der Waals surface area contributed by atoms with Crippen molar-refractivity contribution in [3.8, 4) is 11.5 Å². The van der Waals surface area contributed by atoms with Crippen LogP contribution in [0.3, 0.4) is 0 Å². The summed E-state index contributed by atoms with van der Waals surface area (Å²) in [6, 6.07) is 13.5. The lowest BCUT2D eigenvalue weighted by atomic mass is 10.1. The van der Waals surface area contributed by atoms with E-state index < -0.39 is 19.8 Å². The molecule has 2 rings (SSSR count). The molecule has 0 N–H and O–H groups in total. The Labute approximate surface area is 190 Å². The summed E-state index contributed by atoms with van der Waals surface area (Å²) in [5.74, 6) is -1.85. The van der Waals surface area contributed by atoms with Crippen LogP contribution < -0.4 is 9.47 Å². The van der Waals surface area contributed by atoms with Gasteiger partial charge in [0, 0.05) is 30.2 Å². The molecule has 0 aliphatic heterocycles. The third-order valence-electron chi connectivity index (χ3n) is 5.32. The van der Waals surface area contributed by atoms with Crippen LogP contribution in [0.15, 0.2) is 48.5 Å². The summed E-state index contributed by atoms with van der Waals surface area (Å²) in [6.07, 6.45) is 2.84. The van der Waals surface area contributed by atoms with Crippen LogP contribution in [-0.4, -0.2) is 24.1 Å². The minimum Gasteiger partial charge on any atom is -0.457 e. The molecule has 0 aliphatic rings. The lowest BCUT2D eigenvalue weighted by Gasteiger charge is -2.29. The first-order valence-electron chi connectivity index (χ1n) is 10.7. The topological polar surface area (TPSA) is 88.1 Å². The van der Waals surface area contributed by atoms with Crippen molar-refractivity contribution >= 4 is 20.8 Å². The van der Waals surface area contributed by atoms with E-state index in [0.29, 0.717) is 60.9 Å². The van der Waals surface area contributed by atoms with Crippen molar-refractivity contribution in [1.82, 2.24) is 0 Å². The maximum absolute atomic E-state index is 13.0.